The fourth-order valence-electron chi connectivity index (χ4n) is 2.37. The third kappa shape index (κ3) is 5.19. The molecule has 1 aliphatic heterocycles. The summed E-state index contributed by atoms with van der Waals surface area (Å²) in [7, 11) is 0. The number of amides is 1. The van der Waals surface area contributed by atoms with Crippen LogP contribution in [0.5, 0.6) is 0 Å². The van der Waals surface area contributed by atoms with Gasteiger partial charge < -0.3 is 36.2 Å². The van der Waals surface area contributed by atoms with Crippen LogP contribution in [-0.4, -0.2) is 81.3 Å². The highest BCUT2D eigenvalue weighted by molar-refractivity contribution is 5.85. The summed E-state index contributed by atoms with van der Waals surface area (Å²) in [5.41, 5.74) is 5.10. The molecule has 0 saturated carbocycles. The van der Waals surface area contributed by atoms with Gasteiger partial charge in [0.1, 0.15) is 30.5 Å². The number of aliphatic hydroxyl groups excluding tert-OH is 3. The van der Waals surface area contributed by atoms with E-state index in [0.717, 1.165) is 6.92 Å². The minimum Gasteiger partial charge on any atom is -0.480 e. The molecule has 0 aliphatic carbocycles. The average Bonchev–Trinajstić information content (AvgIpc) is 2.43. The minimum atomic E-state index is -3.85. The van der Waals surface area contributed by atoms with Crippen molar-refractivity contribution in [1.29, 1.82) is 0 Å². The lowest BCUT2D eigenvalue weighted by atomic mass is 9.87. The second-order valence-corrected chi connectivity index (χ2v) is 5.40. The van der Waals surface area contributed by atoms with Crippen molar-refractivity contribution in [2.75, 3.05) is 6.61 Å². The molecule has 0 aromatic carbocycles. The highest BCUT2D eigenvalue weighted by Gasteiger charge is 2.55. The van der Waals surface area contributed by atoms with E-state index in [9.17, 15) is 28.6 Å². The first-order chi connectivity index (χ1) is 10.5. The van der Waals surface area contributed by atoms with Gasteiger partial charge in [-0.25, -0.2) is 8.78 Å². The Labute approximate surface area is 142 Å². The van der Waals surface area contributed by atoms with Crippen LogP contribution in [0.15, 0.2) is 0 Å². The van der Waals surface area contributed by atoms with Crippen LogP contribution in [-0.2, 0) is 14.3 Å². The number of halogens is 3. The number of alkyl halides is 2. The van der Waals surface area contributed by atoms with E-state index in [0.29, 0.717) is 0 Å². The van der Waals surface area contributed by atoms with E-state index in [1.807, 2.05) is 5.32 Å². The van der Waals surface area contributed by atoms with E-state index in [-0.39, 0.29) is 12.4 Å². The molecule has 1 amide bonds. The Morgan fingerprint density at radius 1 is 1.33 bits per heavy atom. The van der Waals surface area contributed by atoms with Crippen LogP contribution >= 0.6 is 12.4 Å². The smallest absolute Gasteiger partial charge is 0.320 e. The normalized spacial score (nSPS) is 31.7. The van der Waals surface area contributed by atoms with Gasteiger partial charge in [-0.3, -0.25) is 9.59 Å². The molecule has 142 valence electrons. The summed E-state index contributed by atoms with van der Waals surface area (Å²) in [4.78, 5) is 21.8. The standard InChI is InChI=1S/C12H20F2N2O7.ClH/c1-4(18)16-7-9(20)8(19)6(3-17)23-10(7)12(13,14)2-5(15)11(21)22;/h5-10,17,19-20H,2-3,15H2,1H3,(H,16,18)(H,21,22);1H/t5-,6+,7+,8-,9+,10-;/m0./s1. The molecule has 0 spiro atoms. The quantitative estimate of drug-likeness (QED) is 0.304. The Morgan fingerprint density at radius 2 is 1.88 bits per heavy atom. The zero-order valence-corrected chi connectivity index (χ0v) is 13.4. The monoisotopic (exact) mass is 378 g/mol. The van der Waals surface area contributed by atoms with Crippen molar-refractivity contribution in [1.82, 2.24) is 5.32 Å². The number of carboxylic acid groups (broad SMARTS) is 1. The number of aliphatic carboxylic acids is 1. The molecule has 0 aromatic heterocycles. The molecule has 0 bridgehead atoms. The van der Waals surface area contributed by atoms with Gasteiger partial charge in [-0.05, 0) is 0 Å². The predicted octanol–water partition coefficient (Wildman–Crippen LogP) is -2.17. The van der Waals surface area contributed by atoms with E-state index in [4.69, 9.17) is 20.7 Å². The van der Waals surface area contributed by atoms with Crippen LogP contribution in [0.4, 0.5) is 8.78 Å². The van der Waals surface area contributed by atoms with Gasteiger partial charge >= 0.3 is 5.97 Å². The van der Waals surface area contributed by atoms with Gasteiger partial charge in [0, 0.05) is 13.3 Å². The number of rotatable bonds is 6. The van der Waals surface area contributed by atoms with Gasteiger partial charge in [0.15, 0.2) is 0 Å². The first-order valence-electron chi connectivity index (χ1n) is 6.77. The molecule has 0 radical (unpaired) electrons. The summed E-state index contributed by atoms with van der Waals surface area (Å²) in [5, 5.41) is 39.4. The lowest BCUT2D eigenvalue weighted by molar-refractivity contribution is -0.253. The summed E-state index contributed by atoms with van der Waals surface area (Å²) in [6.07, 6.45) is -8.57. The van der Waals surface area contributed by atoms with Crippen molar-refractivity contribution in [3.63, 3.8) is 0 Å². The lowest BCUT2D eigenvalue weighted by Gasteiger charge is -2.45. The molecular weight excluding hydrogens is 358 g/mol. The Balaban J connectivity index is 0.00000529. The SMILES string of the molecule is CC(=O)N[C@@H]1[C@@H](O)[C@@H](O)[C@@H](CO)O[C@@H]1C(F)(F)C[C@H](N)C(=O)O.Cl. The summed E-state index contributed by atoms with van der Waals surface area (Å²) in [6.45, 7) is 0.151. The number of ether oxygens (including phenoxy) is 1. The molecule has 1 heterocycles. The lowest BCUT2D eigenvalue weighted by Crippen LogP contribution is -2.68. The number of hydrogen-bond donors (Lipinski definition) is 6. The number of nitrogens with two attached hydrogens (primary N) is 1. The highest BCUT2D eigenvalue weighted by atomic mass is 35.5. The van der Waals surface area contributed by atoms with Crippen molar-refractivity contribution < 1.29 is 43.5 Å². The molecule has 1 rings (SSSR count). The molecule has 6 atom stereocenters. The predicted molar refractivity (Wildman–Crippen MR) is 77.8 cm³/mol. The van der Waals surface area contributed by atoms with Crippen LogP contribution in [0, 0.1) is 0 Å². The van der Waals surface area contributed by atoms with Crippen LogP contribution in [0.2, 0.25) is 0 Å². The molecule has 1 aliphatic rings. The topological polar surface area (TPSA) is 162 Å². The van der Waals surface area contributed by atoms with Crippen molar-refractivity contribution in [2.45, 2.75) is 55.8 Å². The highest BCUT2D eigenvalue weighted by Crippen LogP contribution is 2.35. The van der Waals surface area contributed by atoms with Gasteiger partial charge in [-0.1, -0.05) is 0 Å². The maximum Gasteiger partial charge on any atom is 0.320 e. The first-order valence-corrected chi connectivity index (χ1v) is 6.77. The summed E-state index contributed by atoms with van der Waals surface area (Å²) >= 11 is 0. The van der Waals surface area contributed by atoms with Gasteiger partial charge in [-0.2, -0.15) is 0 Å². The second-order valence-electron chi connectivity index (χ2n) is 5.40. The summed E-state index contributed by atoms with van der Waals surface area (Å²) < 4.78 is 33.6. The van der Waals surface area contributed by atoms with Crippen molar-refractivity contribution >= 4 is 24.3 Å². The van der Waals surface area contributed by atoms with Gasteiger partial charge in [-0.15, -0.1) is 12.4 Å². The third-order valence-corrected chi connectivity index (χ3v) is 3.52. The number of nitrogens with one attached hydrogen (secondary N) is 1. The van der Waals surface area contributed by atoms with E-state index in [1.54, 1.807) is 0 Å². The fraction of sp³-hybridized carbons (Fsp3) is 0.833. The molecule has 7 N–H and O–H groups in total. The average molecular weight is 379 g/mol. The molecular formula is C12H21ClF2N2O7. The van der Waals surface area contributed by atoms with Crippen molar-refractivity contribution in [2.24, 2.45) is 5.73 Å². The Kier molecular flexibility index (Phi) is 8.42. The minimum absolute atomic E-state index is 0. The second kappa shape index (κ2) is 8.83. The number of aliphatic hydroxyl groups is 3. The number of carbonyl (C=O) groups is 2. The van der Waals surface area contributed by atoms with Crippen LogP contribution in [0.25, 0.3) is 0 Å². The van der Waals surface area contributed by atoms with Crippen LogP contribution in [0.3, 0.4) is 0 Å². The number of hydrogen-bond acceptors (Lipinski definition) is 7. The van der Waals surface area contributed by atoms with Crippen LogP contribution in [0.1, 0.15) is 13.3 Å². The van der Waals surface area contributed by atoms with Crippen LogP contribution < -0.4 is 11.1 Å². The largest absolute Gasteiger partial charge is 0.480 e. The fourth-order valence-corrected chi connectivity index (χ4v) is 2.37. The zero-order chi connectivity index (χ0) is 17.9. The number of carboxylic acids is 1. The molecule has 0 aromatic rings. The first kappa shape index (κ1) is 22.9. The van der Waals surface area contributed by atoms with E-state index in [1.165, 1.54) is 0 Å². The van der Waals surface area contributed by atoms with E-state index in [2.05, 4.69) is 0 Å². The molecule has 9 nitrogen and oxygen atoms in total. The zero-order valence-electron chi connectivity index (χ0n) is 12.6. The summed E-state index contributed by atoms with van der Waals surface area (Å²) in [6, 6.07) is -3.61. The summed E-state index contributed by atoms with van der Waals surface area (Å²) in [5.74, 6) is -6.27. The Morgan fingerprint density at radius 3 is 2.29 bits per heavy atom. The maximum absolute atomic E-state index is 14.3. The van der Waals surface area contributed by atoms with E-state index < -0.39 is 67.3 Å². The maximum atomic E-state index is 14.3. The number of carbonyl (C=O) groups excluding carboxylic acids is 1. The van der Waals surface area contributed by atoms with Crippen molar-refractivity contribution in [3.05, 3.63) is 0 Å². The molecule has 0 unspecified atom stereocenters. The third-order valence-electron chi connectivity index (χ3n) is 3.52. The van der Waals surface area contributed by atoms with Gasteiger partial charge in [0.2, 0.25) is 5.91 Å². The molecule has 1 saturated heterocycles. The van der Waals surface area contributed by atoms with E-state index >= 15 is 0 Å². The van der Waals surface area contributed by atoms with Gasteiger partial charge in [0.25, 0.3) is 5.92 Å². The van der Waals surface area contributed by atoms with Crippen molar-refractivity contribution in [3.8, 4) is 0 Å². The van der Waals surface area contributed by atoms with Gasteiger partial charge in [0.05, 0.1) is 12.6 Å². The Hall–Kier alpha value is -1.11. The molecule has 12 heteroatoms. The Bertz CT molecular complexity index is 457. The molecule has 24 heavy (non-hydrogen) atoms. The molecule has 1 fully saturated rings.